The van der Waals surface area contributed by atoms with Crippen LogP contribution in [-0.4, -0.2) is 96.7 Å². The number of nitrogens with two attached hydrogens (primary N) is 1. The van der Waals surface area contributed by atoms with E-state index >= 15 is 0 Å². The molecule has 23 heteroatoms. The van der Waals surface area contributed by atoms with Crippen LogP contribution in [0.5, 0.6) is 0 Å². The lowest BCUT2D eigenvalue weighted by molar-refractivity contribution is -0.140. The maximum atomic E-state index is 12.9. The van der Waals surface area contributed by atoms with E-state index in [0.717, 1.165) is 5.52 Å². The first-order valence-electron chi connectivity index (χ1n) is 20.1. The number of fused-ring (bicyclic) bond motifs is 4. The number of carbonyl (C=O) groups is 4. The summed E-state index contributed by atoms with van der Waals surface area (Å²) in [6.07, 6.45) is -1.77. The Balaban J connectivity index is 0.000000244. The zero-order chi connectivity index (χ0) is 50.4. The van der Waals surface area contributed by atoms with Crippen LogP contribution in [0.1, 0.15) is 41.5 Å². The van der Waals surface area contributed by atoms with Crippen molar-refractivity contribution in [2.24, 2.45) is 19.8 Å². The largest absolute Gasteiger partial charge is 0.480 e. The first-order valence-corrected chi connectivity index (χ1v) is 23.9. The van der Waals surface area contributed by atoms with Gasteiger partial charge < -0.3 is 45.2 Å². The molecule has 1 unspecified atom stereocenters. The van der Waals surface area contributed by atoms with Gasteiger partial charge in [-0.25, -0.2) is 40.7 Å². The predicted octanol–water partition coefficient (Wildman–Crippen LogP) is 4.49. The summed E-state index contributed by atoms with van der Waals surface area (Å²) >= 11 is 0. The molecule has 0 aliphatic rings. The van der Waals surface area contributed by atoms with Crippen LogP contribution in [0.4, 0.5) is 9.59 Å². The smallest absolute Gasteiger partial charge is 0.408 e. The number of rotatable bonds is 10. The quantitative estimate of drug-likeness (QED) is 0.0814. The molecule has 67 heavy (non-hydrogen) atoms. The van der Waals surface area contributed by atoms with Gasteiger partial charge in [0.15, 0.2) is 10.9 Å². The summed E-state index contributed by atoms with van der Waals surface area (Å²) in [5.41, 5.74) is 5.84. The number of carboxylic acids is 2. The maximum absolute atomic E-state index is 12.9. The Morgan fingerprint density at radius 3 is 1.39 bits per heavy atom. The second kappa shape index (κ2) is 20.9. The van der Waals surface area contributed by atoms with Crippen molar-refractivity contribution in [1.82, 2.24) is 24.5 Å². The van der Waals surface area contributed by atoms with Gasteiger partial charge in [0.2, 0.25) is 10.0 Å². The SMILES string of the molecule is CC(C)(C)OC(=O)N[C@H](CN)C(=O)O.Cn1c2ccccc2c(=O)c2cc(S(=O)(=O)Cl)ccc21.Cn1c2ccccc2c(=O)c2cc(S(=O)(=O)NCC(NC(=O)OC(C)(C)C)C(=O)O)ccc21. The fourth-order valence-corrected chi connectivity index (χ4v) is 8.21. The van der Waals surface area contributed by atoms with Gasteiger partial charge in [-0.15, -0.1) is 0 Å². The predicted molar refractivity (Wildman–Crippen MR) is 252 cm³/mol. The third-order valence-electron chi connectivity index (χ3n) is 9.45. The molecule has 0 spiro atoms. The number of ether oxygens (including phenoxy) is 2. The molecule has 20 nitrogen and oxygen atoms in total. The van der Waals surface area contributed by atoms with E-state index in [1.807, 2.05) is 23.7 Å². The molecule has 0 bridgehead atoms. The molecule has 6 rings (SSSR count). The summed E-state index contributed by atoms with van der Waals surface area (Å²) in [6, 6.07) is 19.9. The standard InChI is InChI=1S/C22H25N3O7S.C14H10ClNO3S.C8H16N2O4/c1-22(2,3)32-21(29)24-16(20(27)28)12-23-33(30,31)13-9-10-18-15(11-13)19(26)14-7-5-6-8-17(14)25(18)4;1-16-12-5-3-2-4-10(12)14(17)11-8-9(20(15,18)19)6-7-13(11)16;1-8(2,3)14-7(13)10-5(4-9)6(11)12/h5-11,16,23H,12H2,1-4H3,(H,24,29)(H,27,28);2-8H,1H3;5H,4,9H2,1-3H3,(H,10,13)(H,11,12)/t;;5-/m..1/s1. The van der Waals surface area contributed by atoms with Gasteiger partial charge in [0.1, 0.15) is 23.3 Å². The fraction of sp³-hybridized carbons (Fsp3) is 0.318. The number of halogens is 1. The Labute approximate surface area is 389 Å². The van der Waals surface area contributed by atoms with Gasteiger partial charge in [-0.2, -0.15) is 0 Å². The third-order valence-corrected chi connectivity index (χ3v) is 12.2. The maximum Gasteiger partial charge on any atom is 0.408 e. The number of carbonyl (C=O) groups excluding carboxylic acids is 2. The van der Waals surface area contributed by atoms with Crippen LogP contribution < -0.4 is 31.9 Å². The van der Waals surface area contributed by atoms with Crippen LogP contribution in [-0.2, 0) is 52.2 Å². The Morgan fingerprint density at radius 2 is 1.00 bits per heavy atom. The number of aliphatic carboxylic acids is 2. The molecule has 0 aliphatic heterocycles. The van der Waals surface area contributed by atoms with E-state index in [9.17, 15) is 50.7 Å². The van der Waals surface area contributed by atoms with E-state index in [1.54, 1.807) is 95.6 Å². The van der Waals surface area contributed by atoms with Crippen LogP contribution in [0.2, 0.25) is 0 Å². The molecule has 7 N–H and O–H groups in total. The number of benzene rings is 4. The molecule has 2 amide bonds. The molecular formula is C44H51ClN6O14S2. The van der Waals surface area contributed by atoms with Crippen LogP contribution in [0.3, 0.4) is 0 Å². The van der Waals surface area contributed by atoms with Gasteiger partial charge in [-0.1, -0.05) is 24.3 Å². The van der Waals surface area contributed by atoms with E-state index in [4.69, 9.17) is 31.0 Å². The highest BCUT2D eigenvalue weighted by Gasteiger charge is 2.27. The molecule has 6 aromatic rings. The Morgan fingerprint density at radius 1 is 0.627 bits per heavy atom. The second-order valence-corrected chi connectivity index (χ2v) is 21.1. The molecular weight excluding hydrogens is 936 g/mol. The number of aromatic nitrogens is 2. The summed E-state index contributed by atoms with van der Waals surface area (Å²) < 4.78 is 64.1. The first kappa shape index (κ1) is 53.0. The Hall–Kier alpha value is -6.59. The summed E-state index contributed by atoms with van der Waals surface area (Å²) in [5.74, 6) is -2.62. The fourth-order valence-electron chi connectivity index (χ4n) is 6.36. The highest BCUT2D eigenvalue weighted by Crippen LogP contribution is 2.24. The average molecular weight is 988 g/mol. The van der Waals surface area contributed by atoms with Crippen molar-refractivity contribution in [2.45, 2.75) is 74.6 Å². The number of nitrogens with zero attached hydrogens (tertiary/aromatic N) is 2. The minimum absolute atomic E-state index is 0.0703. The third kappa shape index (κ3) is 13.7. The van der Waals surface area contributed by atoms with Crippen LogP contribution in [0, 0.1) is 0 Å². The van der Waals surface area contributed by atoms with E-state index in [1.165, 1.54) is 30.3 Å². The summed E-state index contributed by atoms with van der Waals surface area (Å²) in [6.45, 7) is 9.09. The van der Waals surface area contributed by atoms with E-state index in [0.29, 0.717) is 32.7 Å². The number of nitrogens with one attached hydrogen (secondary N) is 3. The lowest BCUT2D eigenvalue weighted by Gasteiger charge is -2.22. The average Bonchev–Trinajstić information content (AvgIpc) is 3.23. The van der Waals surface area contributed by atoms with Crippen LogP contribution >= 0.6 is 10.7 Å². The number of hydrogen-bond donors (Lipinski definition) is 6. The second-order valence-electron chi connectivity index (χ2n) is 16.8. The van der Waals surface area contributed by atoms with E-state index < -0.39 is 73.0 Å². The monoisotopic (exact) mass is 986 g/mol. The molecule has 2 aromatic heterocycles. The van der Waals surface area contributed by atoms with Gasteiger partial charge in [-0.05, 0) is 102 Å². The Bertz CT molecular complexity index is 3230. The molecule has 0 fully saturated rings. The minimum atomic E-state index is -4.19. The number of sulfonamides is 1. The number of carboxylic acid groups (broad SMARTS) is 2. The highest BCUT2D eigenvalue weighted by atomic mass is 35.7. The van der Waals surface area contributed by atoms with Crippen LogP contribution in [0.15, 0.2) is 104 Å². The van der Waals surface area contributed by atoms with Crippen molar-refractivity contribution in [2.75, 3.05) is 13.1 Å². The van der Waals surface area contributed by atoms with Gasteiger partial charge in [0.05, 0.1) is 31.9 Å². The lowest BCUT2D eigenvalue weighted by Crippen LogP contribution is -2.49. The number of amides is 2. The molecule has 0 aliphatic carbocycles. The molecule has 2 atom stereocenters. The van der Waals surface area contributed by atoms with Gasteiger partial charge in [-0.3, -0.25) is 9.59 Å². The van der Waals surface area contributed by atoms with Gasteiger partial charge >= 0.3 is 24.1 Å². The van der Waals surface area contributed by atoms with Crippen molar-refractivity contribution >= 4 is 97.5 Å². The van der Waals surface area contributed by atoms with Crippen molar-refractivity contribution in [3.8, 4) is 0 Å². The first-order chi connectivity index (χ1) is 31.0. The topological polar surface area (TPSA) is 302 Å². The molecule has 360 valence electrons. The van der Waals surface area contributed by atoms with Crippen LogP contribution in [0.25, 0.3) is 43.6 Å². The lowest BCUT2D eigenvalue weighted by atomic mass is 10.1. The number of hydrogen-bond acceptors (Lipinski definition) is 13. The Kier molecular flexibility index (Phi) is 16.6. The molecule has 0 saturated heterocycles. The van der Waals surface area contributed by atoms with Crippen molar-refractivity contribution in [3.05, 3.63) is 105 Å². The number of pyridine rings is 2. The van der Waals surface area contributed by atoms with E-state index in [-0.39, 0.29) is 32.6 Å². The zero-order valence-corrected chi connectivity index (χ0v) is 40.0. The summed E-state index contributed by atoms with van der Waals surface area (Å²) in [5, 5.41) is 23.7. The summed E-state index contributed by atoms with van der Waals surface area (Å²) in [4.78, 5) is 70.1. The van der Waals surface area contributed by atoms with Crippen molar-refractivity contribution in [3.63, 3.8) is 0 Å². The zero-order valence-electron chi connectivity index (χ0n) is 37.6. The summed E-state index contributed by atoms with van der Waals surface area (Å²) in [7, 11) is 0.898. The number of alkyl carbamates (subject to hydrolysis) is 2. The number of aryl methyl sites for hydroxylation is 2. The minimum Gasteiger partial charge on any atom is -0.480 e. The molecule has 0 saturated carbocycles. The van der Waals surface area contributed by atoms with Gasteiger partial charge in [0.25, 0.3) is 9.05 Å². The van der Waals surface area contributed by atoms with Crippen molar-refractivity contribution in [1.29, 1.82) is 0 Å². The molecule has 0 radical (unpaired) electrons. The highest BCUT2D eigenvalue weighted by molar-refractivity contribution is 8.13. The number of para-hydroxylation sites is 2. The van der Waals surface area contributed by atoms with Crippen molar-refractivity contribution < 1.29 is 55.7 Å². The van der Waals surface area contributed by atoms with E-state index in [2.05, 4.69) is 15.4 Å². The normalized spacial score (nSPS) is 12.8. The molecule has 2 heterocycles. The molecule has 4 aromatic carbocycles. The van der Waals surface area contributed by atoms with Gasteiger partial charge in [0, 0.05) is 59.4 Å².